The maximum absolute atomic E-state index is 5.69. The van der Waals surface area contributed by atoms with Crippen LogP contribution in [0, 0.1) is 0 Å². The molecule has 0 aliphatic heterocycles. The second kappa shape index (κ2) is 8.02. The van der Waals surface area contributed by atoms with Gasteiger partial charge >= 0.3 is 0 Å². The van der Waals surface area contributed by atoms with Gasteiger partial charge in [0.2, 0.25) is 0 Å². The summed E-state index contributed by atoms with van der Waals surface area (Å²) >= 11 is 0. The summed E-state index contributed by atoms with van der Waals surface area (Å²) in [7, 11) is 0. The van der Waals surface area contributed by atoms with Gasteiger partial charge in [-0.15, -0.1) is 0 Å². The number of hydrogen-bond acceptors (Lipinski definition) is 2. The zero-order valence-corrected chi connectivity index (χ0v) is 14.3. The zero-order valence-electron chi connectivity index (χ0n) is 14.3. The summed E-state index contributed by atoms with van der Waals surface area (Å²) in [6, 6.07) is 27.1. The van der Waals surface area contributed by atoms with Gasteiger partial charge in [-0.2, -0.15) is 0 Å². The fourth-order valence-electron chi connectivity index (χ4n) is 2.72. The molecule has 0 saturated heterocycles. The van der Waals surface area contributed by atoms with Gasteiger partial charge in [0, 0.05) is 17.6 Å². The van der Waals surface area contributed by atoms with Crippen LogP contribution in [0.15, 0.2) is 97.2 Å². The summed E-state index contributed by atoms with van der Waals surface area (Å²) in [5.74, 6) is 0. The van der Waals surface area contributed by atoms with Crippen LogP contribution in [-0.4, -0.2) is 0 Å². The number of anilines is 2. The summed E-state index contributed by atoms with van der Waals surface area (Å²) in [5, 5.41) is 3.43. The van der Waals surface area contributed by atoms with Crippen molar-refractivity contribution in [2.24, 2.45) is 5.73 Å². The molecule has 0 unspecified atom stereocenters. The normalized spacial score (nSPS) is 11.6. The van der Waals surface area contributed by atoms with Gasteiger partial charge in [-0.25, -0.2) is 0 Å². The Hall–Kier alpha value is -3.26. The molecule has 0 fully saturated rings. The Morgan fingerprint density at radius 2 is 1.32 bits per heavy atom. The van der Waals surface area contributed by atoms with Gasteiger partial charge in [-0.3, -0.25) is 0 Å². The lowest BCUT2D eigenvalue weighted by Gasteiger charge is -2.09. The van der Waals surface area contributed by atoms with Gasteiger partial charge in [-0.1, -0.05) is 66.7 Å². The average molecular weight is 326 g/mol. The van der Waals surface area contributed by atoms with Crippen LogP contribution >= 0.6 is 0 Å². The van der Waals surface area contributed by atoms with Crippen LogP contribution < -0.4 is 11.1 Å². The van der Waals surface area contributed by atoms with Crippen molar-refractivity contribution in [1.29, 1.82) is 0 Å². The summed E-state index contributed by atoms with van der Waals surface area (Å²) in [5.41, 5.74) is 12.4. The van der Waals surface area contributed by atoms with E-state index in [1.807, 2.05) is 25.1 Å². The Kier molecular flexibility index (Phi) is 5.32. The van der Waals surface area contributed by atoms with Crippen molar-refractivity contribution < 1.29 is 0 Å². The minimum atomic E-state index is 1.02. The summed E-state index contributed by atoms with van der Waals surface area (Å²) < 4.78 is 0. The van der Waals surface area contributed by atoms with Crippen LogP contribution in [0.25, 0.3) is 16.7 Å². The van der Waals surface area contributed by atoms with E-state index >= 15 is 0 Å². The molecule has 0 saturated carbocycles. The van der Waals surface area contributed by atoms with E-state index in [9.17, 15) is 0 Å². The highest BCUT2D eigenvalue weighted by Crippen LogP contribution is 2.24. The fraction of sp³-hybridized carbons (Fsp3) is 0.0435. The number of benzene rings is 3. The fourth-order valence-corrected chi connectivity index (χ4v) is 2.72. The Labute approximate surface area is 149 Å². The molecule has 124 valence electrons. The van der Waals surface area contributed by atoms with Gasteiger partial charge in [0.25, 0.3) is 0 Å². The molecule has 0 bridgehead atoms. The Balaban J connectivity index is 1.72. The zero-order chi connectivity index (χ0) is 17.5. The van der Waals surface area contributed by atoms with Crippen LogP contribution in [-0.2, 0) is 0 Å². The molecule has 0 amide bonds. The van der Waals surface area contributed by atoms with Crippen molar-refractivity contribution in [2.45, 2.75) is 6.92 Å². The number of nitrogens with two attached hydrogens (primary N) is 1. The molecule has 3 aromatic carbocycles. The average Bonchev–Trinajstić information content (AvgIpc) is 2.68. The van der Waals surface area contributed by atoms with E-state index in [-0.39, 0.29) is 0 Å². The number of allylic oxidation sites excluding steroid dienone is 3. The van der Waals surface area contributed by atoms with Crippen molar-refractivity contribution >= 4 is 16.9 Å². The van der Waals surface area contributed by atoms with E-state index in [2.05, 4.69) is 78.1 Å². The molecule has 0 aliphatic rings. The second-order valence-corrected chi connectivity index (χ2v) is 5.77. The van der Waals surface area contributed by atoms with Gasteiger partial charge in [-0.05, 0) is 53.5 Å². The van der Waals surface area contributed by atoms with Crippen LogP contribution in [0.4, 0.5) is 11.4 Å². The lowest BCUT2D eigenvalue weighted by atomic mass is 10.0. The SMILES string of the molecule is C/C=C\C(=C/N)c1ccc(Nc2ccc(-c3ccccc3)cc2)cc1. The predicted molar refractivity (Wildman–Crippen MR) is 109 cm³/mol. The van der Waals surface area contributed by atoms with E-state index in [4.69, 9.17) is 5.73 Å². The maximum Gasteiger partial charge on any atom is 0.0384 e. The topological polar surface area (TPSA) is 38.0 Å². The smallest absolute Gasteiger partial charge is 0.0384 e. The first-order valence-corrected chi connectivity index (χ1v) is 8.37. The van der Waals surface area contributed by atoms with Crippen molar-refractivity contribution in [2.75, 3.05) is 5.32 Å². The number of hydrogen-bond donors (Lipinski definition) is 2. The Morgan fingerprint density at radius 3 is 1.88 bits per heavy atom. The van der Waals surface area contributed by atoms with Crippen LogP contribution in [0.2, 0.25) is 0 Å². The Bertz CT molecular complexity index is 858. The van der Waals surface area contributed by atoms with E-state index in [0.29, 0.717) is 0 Å². The third-order valence-corrected chi connectivity index (χ3v) is 4.02. The first-order valence-electron chi connectivity index (χ1n) is 8.37. The first-order chi connectivity index (χ1) is 12.3. The third kappa shape index (κ3) is 4.18. The van der Waals surface area contributed by atoms with Crippen molar-refractivity contribution in [3.63, 3.8) is 0 Å². The Morgan fingerprint density at radius 1 is 0.760 bits per heavy atom. The molecular formula is C23H22N2. The lowest BCUT2D eigenvalue weighted by Crippen LogP contribution is -1.92. The van der Waals surface area contributed by atoms with Crippen molar-refractivity contribution in [1.82, 2.24) is 0 Å². The molecule has 2 nitrogen and oxygen atoms in total. The maximum atomic E-state index is 5.69. The number of rotatable bonds is 5. The minimum Gasteiger partial charge on any atom is -0.404 e. The molecule has 0 aromatic heterocycles. The van der Waals surface area contributed by atoms with Crippen molar-refractivity contribution in [3.05, 3.63) is 103 Å². The molecule has 0 radical (unpaired) electrons. The molecule has 2 heteroatoms. The molecule has 3 N–H and O–H groups in total. The van der Waals surface area contributed by atoms with Gasteiger partial charge in [0.05, 0.1) is 0 Å². The molecule has 3 aromatic rings. The highest BCUT2D eigenvalue weighted by Gasteiger charge is 2.00. The lowest BCUT2D eigenvalue weighted by molar-refractivity contribution is 1.51. The van der Waals surface area contributed by atoms with E-state index in [1.165, 1.54) is 11.1 Å². The number of nitrogens with one attached hydrogen (secondary N) is 1. The van der Waals surface area contributed by atoms with Gasteiger partial charge in [0.15, 0.2) is 0 Å². The van der Waals surface area contributed by atoms with Crippen LogP contribution in [0.5, 0.6) is 0 Å². The summed E-state index contributed by atoms with van der Waals surface area (Å²) in [6.45, 7) is 1.98. The standard InChI is InChI=1S/C23H22N2/c1-2-6-21(17-24)20-11-15-23(16-12-20)25-22-13-9-19(10-14-22)18-7-4-3-5-8-18/h2-17,25H,24H2,1H3/b6-2-,21-17+. The molecule has 0 spiro atoms. The molecule has 0 atom stereocenters. The van der Waals surface area contributed by atoms with Gasteiger partial charge < -0.3 is 11.1 Å². The third-order valence-electron chi connectivity index (χ3n) is 4.02. The largest absolute Gasteiger partial charge is 0.404 e. The monoisotopic (exact) mass is 326 g/mol. The molecular weight excluding hydrogens is 304 g/mol. The predicted octanol–water partition coefficient (Wildman–Crippen LogP) is 5.97. The van der Waals surface area contributed by atoms with E-state index < -0.39 is 0 Å². The van der Waals surface area contributed by atoms with E-state index in [0.717, 1.165) is 22.5 Å². The van der Waals surface area contributed by atoms with Crippen molar-refractivity contribution in [3.8, 4) is 11.1 Å². The van der Waals surface area contributed by atoms with Gasteiger partial charge in [0.1, 0.15) is 0 Å². The summed E-state index contributed by atoms with van der Waals surface area (Å²) in [6.07, 6.45) is 5.62. The quantitative estimate of drug-likeness (QED) is 0.567. The van der Waals surface area contributed by atoms with Crippen LogP contribution in [0.1, 0.15) is 12.5 Å². The molecule has 0 heterocycles. The minimum absolute atomic E-state index is 1.02. The highest BCUT2D eigenvalue weighted by molar-refractivity contribution is 5.75. The molecule has 3 rings (SSSR count). The molecule has 25 heavy (non-hydrogen) atoms. The first kappa shape index (κ1) is 16.6. The van der Waals surface area contributed by atoms with Crippen LogP contribution in [0.3, 0.4) is 0 Å². The van der Waals surface area contributed by atoms with E-state index in [1.54, 1.807) is 6.20 Å². The highest BCUT2D eigenvalue weighted by atomic mass is 14.9. The summed E-state index contributed by atoms with van der Waals surface area (Å²) in [4.78, 5) is 0. The second-order valence-electron chi connectivity index (χ2n) is 5.77. The molecule has 0 aliphatic carbocycles.